The smallest absolute Gasteiger partial charge is 0.406 e. The molecule has 0 amide bonds. The molecule has 8 nitrogen and oxygen atoms in total. The number of terminal acetylenes is 1. The van der Waals surface area contributed by atoms with Gasteiger partial charge in [-0.1, -0.05) is 31.2 Å². The minimum atomic E-state index is -4.40. The fraction of sp³-hybridized carbons (Fsp3) is 0.471. The highest BCUT2D eigenvalue weighted by atomic mass is 32.3. The number of thioether (sulfide) groups is 1. The average molecular weight is 694 g/mol. The Kier molecular flexibility index (Phi) is 15.0. The summed E-state index contributed by atoms with van der Waals surface area (Å²) in [5, 5.41) is 16.9. The summed E-state index contributed by atoms with van der Waals surface area (Å²) in [6.07, 6.45) is 14.1. The summed E-state index contributed by atoms with van der Waals surface area (Å²) in [7, 11) is -1.97. The van der Waals surface area contributed by atoms with Crippen molar-refractivity contribution in [1.82, 2.24) is 9.88 Å². The molecular formula is C34H46F3N5O3S2. The third-order valence-electron chi connectivity index (χ3n) is 7.97. The zero-order valence-corrected chi connectivity index (χ0v) is 28.5. The Morgan fingerprint density at radius 1 is 1.06 bits per heavy atom. The van der Waals surface area contributed by atoms with E-state index in [4.69, 9.17) is 9.88 Å². The normalized spacial score (nSPS) is 16.0. The number of nitrogens with two attached hydrogens (primary N) is 1. The third-order valence-corrected chi connectivity index (χ3v) is 10.1. The molecule has 47 heavy (non-hydrogen) atoms. The lowest BCUT2D eigenvalue weighted by Gasteiger charge is -2.26. The zero-order chi connectivity index (χ0) is 34.5. The van der Waals surface area contributed by atoms with E-state index in [1.807, 2.05) is 17.8 Å². The number of alkyl halides is 3. The highest BCUT2D eigenvalue weighted by molar-refractivity contribution is 8.22. The Morgan fingerprint density at radius 3 is 2.36 bits per heavy atom. The van der Waals surface area contributed by atoms with Gasteiger partial charge in [-0.05, 0) is 81.3 Å². The van der Waals surface area contributed by atoms with Crippen LogP contribution in [0.5, 0.6) is 5.75 Å². The second-order valence-corrected chi connectivity index (χ2v) is 14.0. The van der Waals surface area contributed by atoms with Crippen molar-refractivity contribution in [3.63, 3.8) is 0 Å². The molecule has 2 fully saturated rings. The lowest BCUT2D eigenvalue weighted by molar-refractivity contribution is -0.140. The van der Waals surface area contributed by atoms with Gasteiger partial charge in [-0.2, -0.15) is 24.9 Å². The monoisotopic (exact) mass is 693 g/mol. The number of halogens is 3. The fourth-order valence-corrected chi connectivity index (χ4v) is 6.90. The van der Waals surface area contributed by atoms with Gasteiger partial charge in [-0.25, -0.2) is 5.14 Å². The molecule has 1 aromatic heterocycles. The fourth-order valence-electron chi connectivity index (χ4n) is 5.64. The van der Waals surface area contributed by atoms with E-state index in [9.17, 15) is 22.3 Å². The van der Waals surface area contributed by atoms with E-state index >= 15 is 0 Å². The van der Waals surface area contributed by atoms with Crippen LogP contribution in [0.25, 0.3) is 10.9 Å². The van der Waals surface area contributed by atoms with E-state index in [-0.39, 0.29) is 17.1 Å². The lowest BCUT2D eigenvalue weighted by Crippen LogP contribution is -2.28. The molecule has 2 aliphatic rings. The van der Waals surface area contributed by atoms with Crippen molar-refractivity contribution in [3.8, 4) is 30.4 Å². The maximum Gasteiger partial charge on any atom is 0.406 e. The summed E-state index contributed by atoms with van der Waals surface area (Å²) in [6, 6.07) is 11.8. The van der Waals surface area contributed by atoms with Gasteiger partial charge in [0.2, 0.25) is 0 Å². The van der Waals surface area contributed by atoms with Gasteiger partial charge in [0, 0.05) is 28.4 Å². The number of fused-ring (bicyclic) bond motifs is 1. The van der Waals surface area contributed by atoms with Gasteiger partial charge in [0.25, 0.3) is 0 Å². The van der Waals surface area contributed by atoms with Crippen molar-refractivity contribution in [2.75, 3.05) is 43.6 Å². The first-order valence-corrected chi connectivity index (χ1v) is 18.4. The molecule has 1 saturated heterocycles. The second-order valence-electron chi connectivity index (χ2n) is 11.2. The molecule has 13 heteroatoms. The van der Waals surface area contributed by atoms with Crippen molar-refractivity contribution in [2.45, 2.75) is 73.9 Å². The topological polar surface area (TPSA) is 117 Å². The minimum Gasteiger partial charge on any atom is -0.495 e. The van der Waals surface area contributed by atoms with E-state index in [0.717, 1.165) is 36.6 Å². The number of anilines is 2. The Balaban J connectivity index is 0.000000518. The number of ether oxygens (including phenoxy) is 1. The van der Waals surface area contributed by atoms with E-state index < -0.39 is 23.5 Å². The first-order chi connectivity index (χ1) is 22.5. The van der Waals surface area contributed by atoms with E-state index in [1.54, 1.807) is 24.3 Å². The van der Waals surface area contributed by atoms with Crippen LogP contribution >= 0.6 is 22.5 Å². The van der Waals surface area contributed by atoms with Gasteiger partial charge in [0.15, 0.2) is 0 Å². The molecule has 2 aromatic carbocycles. The van der Waals surface area contributed by atoms with Crippen molar-refractivity contribution in [3.05, 3.63) is 48.2 Å². The molecular weight excluding hydrogens is 648 g/mol. The number of benzene rings is 2. The molecule has 1 saturated carbocycles. The molecule has 0 unspecified atom stereocenters. The largest absolute Gasteiger partial charge is 0.495 e. The predicted molar refractivity (Wildman–Crippen MR) is 191 cm³/mol. The lowest BCUT2D eigenvalue weighted by atomic mass is 9.95. The van der Waals surface area contributed by atoms with Crippen LogP contribution < -0.4 is 25.8 Å². The van der Waals surface area contributed by atoms with Crippen LogP contribution in [0.1, 0.15) is 50.6 Å². The maximum atomic E-state index is 13.5. The van der Waals surface area contributed by atoms with Gasteiger partial charge >= 0.3 is 6.18 Å². The van der Waals surface area contributed by atoms with Crippen LogP contribution in [-0.2, 0) is 6.54 Å². The highest BCUT2D eigenvalue weighted by Gasteiger charge is 2.30. The van der Waals surface area contributed by atoms with Crippen LogP contribution in [0, 0.1) is 24.7 Å². The summed E-state index contributed by atoms with van der Waals surface area (Å²) in [5.74, 6) is 6.10. The van der Waals surface area contributed by atoms with Crippen LogP contribution in [0.3, 0.4) is 0 Å². The number of methoxy groups -OCH3 is 1. The maximum absolute atomic E-state index is 13.5. The van der Waals surface area contributed by atoms with E-state index in [1.165, 1.54) is 56.2 Å². The molecule has 0 atom stereocenters. The number of piperidine rings is 1. The Labute approximate surface area is 282 Å². The Bertz CT molecular complexity index is 1500. The highest BCUT2D eigenvalue weighted by Crippen LogP contribution is 2.43. The molecule has 0 spiro atoms. The van der Waals surface area contributed by atoms with E-state index in [2.05, 4.69) is 46.9 Å². The molecule has 1 aliphatic carbocycles. The van der Waals surface area contributed by atoms with Crippen molar-refractivity contribution < 1.29 is 27.0 Å². The second kappa shape index (κ2) is 18.4. The van der Waals surface area contributed by atoms with Gasteiger partial charge in [0.1, 0.15) is 12.3 Å². The first-order valence-electron chi connectivity index (χ1n) is 15.5. The first kappa shape index (κ1) is 38.3. The molecule has 5 rings (SSSR count). The third kappa shape index (κ3) is 11.8. The van der Waals surface area contributed by atoms with Crippen molar-refractivity contribution >= 4 is 44.8 Å². The van der Waals surface area contributed by atoms with Crippen LogP contribution in [0.4, 0.5) is 24.5 Å². The van der Waals surface area contributed by atoms with Crippen LogP contribution in [0.15, 0.2) is 47.4 Å². The number of hydrogen-bond donors (Lipinski definition) is 6. The molecule has 258 valence electrons. The standard InChI is InChI=1S/C26H31F3N4O3S.C6H13NS.C2H2/c1-36-25-16-20(37(30,34)35)12-13-23(25)31-14-6-9-19-15-21-22(32-18-7-3-2-4-8-18)10-5-11-24(21)33(19)17-26(27,28)29;1-8-6-2-4-7-5-3-6;1-2/h5,10-13,15-16,18,31-32,34-35H,2-4,7-8,14,17,30H2,1H3;6-7H,2-5H2,1H3;1-2H. The number of hydrogen-bond acceptors (Lipinski definition) is 8. The molecule has 3 aromatic rings. The Hall–Kier alpha value is -3.17. The SMILES string of the molecule is C#C.COc1cc(S(N)(O)O)ccc1NCC#Cc1cc2c(NC3CCCCC3)cccc2n1CC(F)(F)F.CSC1CCNCC1. The van der Waals surface area contributed by atoms with Crippen LogP contribution in [-0.4, -0.2) is 64.1 Å². The van der Waals surface area contributed by atoms with Gasteiger partial charge < -0.3 is 25.3 Å². The molecule has 7 N–H and O–H groups in total. The average Bonchev–Trinajstić information content (AvgIpc) is 3.41. The minimum absolute atomic E-state index is 0.120. The van der Waals surface area contributed by atoms with Gasteiger partial charge in [-0.15, -0.1) is 23.6 Å². The zero-order valence-electron chi connectivity index (χ0n) is 26.9. The predicted octanol–water partition coefficient (Wildman–Crippen LogP) is 7.75. The van der Waals surface area contributed by atoms with Crippen molar-refractivity contribution in [1.29, 1.82) is 0 Å². The number of rotatable bonds is 8. The molecule has 0 bridgehead atoms. The van der Waals surface area contributed by atoms with E-state index in [0.29, 0.717) is 28.4 Å². The summed E-state index contributed by atoms with van der Waals surface area (Å²) in [5.41, 5.74) is 2.10. The van der Waals surface area contributed by atoms with Gasteiger partial charge in [0.05, 0.1) is 35.4 Å². The van der Waals surface area contributed by atoms with Crippen molar-refractivity contribution in [2.24, 2.45) is 5.14 Å². The molecule has 0 radical (unpaired) electrons. The Morgan fingerprint density at radius 2 is 1.77 bits per heavy atom. The summed E-state index contributed by atoms with van der Waals surface area (Å²) in [6.45, 7) is 1.44. The number of nitrogens with one attached hydrogen (secondary N) is 3. The summed E-state index contributed by atoms with van der Waals surface area (Å²) < 4.78 is 66.1. The molecule has 2 heterocycles. The summed E-state index contributed by atoms with van der Waals surface area (Å²) >= 11 is 2.01. The quantitative estimate of drug-likeness (QED) is 0.133. The molecule has 1 aliphatic heterocycles. The van der Waals surface area contributed by atoms with Crippen LogP contribution in [0.2, 0.25) is 0 Å². The number of aromatic nitrogens is 1. The summed E-state index contributed by atoms with van der Waals surface area (Å²) in [4.78, 5) is 0.121. The number of nitrogens with zero attached hydrogens (tertiary/aromatic N) is 1. The van der Waals surface area contributed by atoms with Gasteiger partial charge in [-0.3, -0.25) is 9.11 Å².